The van der Waals surface area contributed by atoms with Crippen LogP contribution < -0.4 is 0 Å². The van der Waals surface area contributed by atoms with Gasteiger partial charge in [-0.2, -0.15) is 0 Å². The van der Waals surface area contributed by atoms with Crippen LogP contribution in [0.25, 0.3) is 10.4 Å². The van der Waals surface area contributed by atoms with E-state index in [0.717, 1.165) is 0 Å². The third-order valence-corrected chi connectivity index (χ3v) is 0.534. The first-order valence-corrected chi connectivity index (χ1v) is 2.06. The van der Waals surface area contributed by atoms with Gasteiger partial charge in [0, 0.05) is 4.91 Å². The molecule has 1 N–H and O–H groups in total. The summed E-state index contributed by atoms with van der Waals surface area (Å²) in [7, 11) is 0. The number of aliphatic hydroxyl groups excluding tert-OH is 1. The van der Waals surface area contributed by atoms with Gasteiger partial charge in [-0.05, 0) is 5.53 Å². The Kier molecular flexibility index (Phi) is 3.93. The Morgan fingerprint density at radius 2 is 2.50 bits per heavy atom. The molecule has 0 aliphatic heterocycles. The molecule has 0 saturated carbocycles. The van der Waals surface area contributed by atoms with Crippen LogP contribution >= 0.6 is 0 Å². The fourth-order valence-corrected chi connectivity index (χ4v) is 0.180. The molecule has 8 heavy (non-hydrogen) atoms. The lowest BCUT2D eigenvalue weighted by Gasteiger charge is -1.95. The summed E-state index contributed by atoms with van der Waals surface area (Å²) in [5.74, 6) is 0. The first-order chi connectivity index (χ1) is 3.81. The number of hydrogen-bond donors (Lipinski definition) is 1. The van der Waals surface area contributed by atoms with E-state index in [2.05, 4.69) is 10.0 Å². The molecule has 46 valence electrons. The van der Waals surface area contributed by atoms with Gasteiger partial charge >= 0.3 is 0 Å². The molecule has 0 aliphatic carbocycles. The van der Waals surface area contributed by atoms with Crippen LogP contribution in [0.2, 0.25) is 0 Å². The monoisotopic (exact) mass is 119 g/mol. The lowest BCUT2D eigenvalue weighted by molar-refractivity contribution is 0.147. The van der Waals surface area contributed by atoms with Crippen LogP contribution in [0.1, 0.15) is 0 Å². The highest BCUT2D eigenvalue weighted by Crippen LogP contribution is 1.84. The normalized spacial score (nSPS) is 12.2. The Hall–Kier alpha value is -0.800. The van der Waals surface area contributed by atoms with Crippen molar-refractivity contribution < 1.29 is 9.50 Å². The van der Waals surface area contributed by atoms with Gasteiger partial charge in [0.15, 0.2) is 0 Å². The van der Waals surface area contributed by atoms with Gasteiger partial charge in [0.1, 0.15) is 6.67 Å². The molecule has 1 unspecified atom stereocenters. The van der Waals surface area contributed by atoms with Crippen molar-refractivity contribution in [2.45, 2.75) is 6.10 Å². The third kappa shape index (κ3) is 3.39. The van der Waals surface area contributed by atoms with Gasteiger partial charge in [0.25, 0.3) is 0 Å². The Labute approximate surface area is 45.6 Å². The Morgan fingerprint density at radius 3 is 2.88 bits per heavy atom. The minimum Gasteiger partial charge on any atom is -0.390 e. The molecule has 5 heteroatoms. The molecule has 1 atom stereocenters. The van der Waals surface area contributed by atoms with Crippen molar-refractivity contribution in [2.75, 3.05) is 13.2 Å². The molecule has 0 spiro atoms. The van der Waals surface area contributed by atoms with E-state index in [1.165, 1.54) is 0 Å². The molecule has 4 nitrogen and oxygen atoms in total. The predicted molar refractivity (Wildman–Crippen MR) is 26.0 cm³/mol. The standard InChI is InChI=1S/C3H6FN3O/c4-1-3(8)2-6-7-5/h3,8H,1-2H2. The first kappa shape index (κ1) is 7.20. The van der Waals surface area contributed by atoms with Crippen LogP contribution in [0.3, 0.4) is 0 Å². The highest BCUT2D eigenvalue weighted by atomic mass is 19.1. The molecule has 0 aromatic carbocycles. The highest BCUT2D eigenvalue weighted by Gasteiger charge is 1.97. The molecule has 0 amide bonds. The molecule has 0 saturated heterocycles. The zero-order valence-electron chi connectivity index (χ0n) is 4.16. The molecule has 0 rings (SSSR count). The Balaban J connectivity index is 3.23. The first-order valence-electron chi connectivity index (χ1n) is 2.06. The Morgan fingerprint density at radius 1 is 1.88 bits per heavy atom. The molecule has 0 fully saturated rings. The van der Waals surface area contributed by atoms with Gasteiger partial charge < -0.3 is 5.11 Å². The van der Waals surface area contributed by atoms with Crippen LogP contribution in [-0.4, -0.2) is 24.4 Å². The largest absolute Gasteiger partial charge is 0.390 e. The summed E-state index contributed by atoms with van der Waals surface area (Å²) in [5.41, 5.74) is 7.64. The maximum atomic E-state index is 11.3. The van der Waals surface area contributed by atoms with E-state index in [1.807, 2.05) is 0 Å². The zero-order chi connectivity index (χ0) is 6.41. The van der Waals surface area contributed by atoms with E-state index in [0.29, 0.717) is 0 Å². The second kappa shape index (κ2) is 4.36. The van der Waals surface area contributed by atoms with Gasteiger partial charge in [0.05, 0.1) is 12.6 Å². The number of azide groups is 1. The second-order valence-corrected chi connectivity index (χ2v) is 1.22. The third-order valence-electron chi connectivity index (χ3n) is 0.534. The van der Waals surface area contributed by atoms with E-state index in [4.69, 9.17) is 10.6 Å². The highest BCUT2D eigenvalue weighted by molar-refractivity contribution is 4.56. The summed E-state index contributed by atoms with van der Waals surface area (Å²) in [4.78, 5) is 2.32. The molecule has 0 radical (unpaired) electrons. The summed E-state index contributed by atoms with van der Waals surface area (Å²) in [6.07, 6.45) is -1.13. The van der Waals surface area contributed by atoms with E-state index < -0.39 is 12.8 Å². The average Bonchev–Trinajstić information content (AvgIpc) is 1.83. The number of aliphatic hydroxyl groups is 1. The van der Waals surface area contributed by atoms with Crippen molar-refractivity contribution in [1.82, 2.24) is 0 Å². The van der Waals surface area contributed by atoms with Crippen LogP contribution in [0, 0.1) is 0 Å². The van der Waals surface area contributed by atoms with Crippen molar-refractivity contribution in [2.24, 2.45) is 5.11 Å². The summed E-state index contributed by atoms with van der Waals surface area (Å²) in [6, 6.07) is 0. The molecule has 0 aliphatic rings. The second-order valence-electron chi connectivity index (χ2n) is 1.22. The molecule has 0 bridgehead atoms. The molecule has 0 aromatic rings. The molecule has 0 heterocycles. The summed E-state index contributed by atoms with van der Waals surface area (Å²) in [6.45, 7) is -1.05. The minimum absolute atomic E-state index is 0.188. The summed E-state index contributed by atoms with van der Waals surface area (Å²) in [5, 5.41) is 11.3. The topological polar surface area (TPSA) is 69.0 Å². The maximum absolute atomic E-state index is 11.3. The van der Waals surface area contributed by atoms with Crippen LogP contribution in [0.5, 0.6) is 0 Å². The fourth-order valence-electron chi connectivity index (χ4n) is 0.180. The van der Waals surface area contributed by atoms with Crippen molar-refractivity contribution in [3.05, 3.63) is 10.4 Å². The minimum atomic E-state index is -1.13. The van der Waals surface area contributed by atoms with Crippen LogP contribution in [0.15, 0.2) is 5.11 Å². The van der Waals surface area contributed by atoms with E-state index in [1.54, 1.807) is 0 Å². The fraction of sp³-hybridized carbons (Fsp3) is 1.00. The zero-order valence-corrected chi connectivity index (χ0v) is 4.16. The number of hydrogen-bond acceptors (Lipinski definition) is 2. The van der Waals surface area contributed by atoms with Crippen molar-refractivity contribution in [3.8, 4) is 0 Å². The molecular weight excluding hydrogens is 113 g/mol. The predicted octanol–water partition coefficient (Wildman–Crippen LogP) is 0.627. The molecular formula is C3H6FN3O. The summed E-state index contributed by atoms with van der Waals surface area (Å²) >= 11 is 0. The number of alkyl halides is 1. The van der Waals surface area contributed by atoms with Gasteiger partial charge in [-0.25, -0.2) is 4.39 Å². The number of nitrogens with zero attached hydrogens (tertiary/aromatic N) is 3. The van der Waals surface area contributed by atoms with Crippen molar-refractivity contribution in [1.29, 1.82) is 0 Å². The van der Waals surface area contributed by atoms with Gasteiger partial charge in [-0.3, -0.25) is 0 Å². The lowest BCUT2D eigenvalue weighted by atomic mass is 10.4. The number of rotatable bonds is 3. The lowest BCUT2D eigenvalue weighted by Crippen LogP contribution is -2.11. The van der Waals surface area contributed by atoms with Gasteiger partial charge in [-0.15, -0.1) is 0 Å². The Bertz CT molecular complexity index is 101. The van der Waals surface area contributed by atoms with Gasteiger partial charge in [-0.1, -0.05) is 5.11 Å². The van der Waals surface area contributed by atoms with Crippen molar-refractivity contribution >= 4 is 0 Å². The van der Waals surface area contributed by atoms with E-state index >= 15 is 0 Å². The van der Waals surface area contributed by atoms with Crippen LogP contribution in [0.4, 0.5) is 4.39 Å². The molecule has 0 aromatic heterocycles. The quantitative estimate of drug-likeness (QED) is 0.330. The SMILES string of the molecule is [N-]=[N+]=NCC(O)CF. The average molecular weight is 119 g/mol. The van der Waals surface area contributed by atoms with Crippen molar-refractivity contribution in [3.63, 3.8) is 0 Å². The smallest absolute Gasteiger partial charge is 0.115 e. The maximum Gasteiger partial charge on any atom is 0.115 e. The van der Waals surface area contributed by atoms with E-state index in [-0.39, 0.29) is 6.54 Å². The van der Waals surface area contributed by atoms with E-state index in [9.17, 15) is 4.39 Å². The summed E-state index contributed by atoms with van der Waals surface area (Å²) < 4.78 is 11.3. The number of halogens is 1. The van der Waals surface area contributed by atoms with Crippen LogP contribution in [-0.2, 0) is 0 Å². The van der Waals surface area contributed by atoms with Gasteiger partial charge in [0.2, 0.25) is 0 Å².